The normalized spacial score (nSPS) is 25.9. The zero-order chi connectivity index (χ0) is 55.9. The van der Waals surface area contributed by atoms with Crippen LogP contribution in [0.1, 0.15) is 191 Å². The summed E-state index contributed by atoms with van der Waals surface area (Å²) in [4.78, 5) is 98.2. The molecule has 5 amide bonds. The Morgan fingerprint density at radius 1 is 0.539 bits per heavy atom. The number of fused-ring (bicyclic) bond motifs is 2. The molecule has 5 N–H and O–H groups in total. The Labute approximate surface area is 454 Å². The lowest BCUT2D eigenvalue weighted by Crippen LogP contribution is -2.61. The number of nitrogens with zero attached hydrogens (tertiary/aromatic N) is 2. The summed E-state index contributed by atoms with van der Waals surface area (Å²) in [6.07, 6.45) is 15.2. The first-order chi connectivity index (χ1) is 35.5. The maximum absolute atomic E-state index is 14.3. The number of likely N-dealkylation sites (tertiary alicyclic amines) is 2. The molecular formula is C60H96N6O10. The summed E-state index contributed by atoms with van der Waals surface area (Å²) in [5.74, 6) is -0.993. The Hall–Kier alpha value is -4.73. The lowest BCUT2D eigenvalue weighted by molar-refractivity contribution is -0.166. The van der Waals surface area contributed by atoms with Crippen molar-refractivity contribution >= 4 is 41.7 Å². The second-order valence-corrected chi connectivity index (χ2v) is 27.3. The van der Waals surface area contributed by atoms with E-state index in [-0.39, 0.29) is 65.9 Å². The first-order valence-corrected chi connectivity index (χ1v) is 28.9. The average molecular weight is 1060 g/mol. The highest BCUT2D eigenvalue weighted by molar-refractivity contribution is 5.95. The summed E-state index contributed by atoms with van der Waals surface area (Å²) >= 11 is 0. The number of carbonyl (C=O) groups is 7. The Balaban J connectivity index is 0.000000255. The van der Waals surface area contributed by atoms with Crippen LogP contribution in [-0.2, 0) is 49.6 Å². The van der Waals surface area contributed by atoms with E-state index in [2.05, 4.69) is 16.0 Å². The van der Waals surface area contributed by atoms with Gasteiger partial charge in [-0.25, -0.2) is 14.4 Å². The Morgan fingerprint density at radius 2 is 0.961 bits per heavy atom. The molecule has 16 heteroatoms. The van der Waals surface area contributed by atoms with Crippen LogP contribution in [0.2, 0.25) is 0 Å². The summed E-state index contributed by atoms with van der Waals surface area (Å²) in [6, 6.07) is 5.05. The van der Waals surface area contributed by atoms with Crippen LogP contribution in [0, 0.1) is 46.3 Å². The van der Waals surface area contributed by atoms with E-state index in [1.807, 2.05) is 113 Å². The van der Waals surface area contributed by atoms with E-state index in [1.165, 1.54) is 6.42 Å². The highest BCUT2D eigenvalue weighted by Crippen LogP contribution is 2.45. The van der Waals surface area contributed by atoms with Crippen LogP contribution in [0.15, 0.2) is 30.3 Å². The van der Waals surface area contributed by atoms with E-state index < -0.39 is 70.3 Å². The highest BCUT2D eigenvalue weighted by atomic mass is 16.6. The molecule has 1 aromatic rings. The number of nitrogens with one attached hydrogen (secondary N) is 3. The number of benzene rings is 1. The lowest BCUT2D eigenvalue weighted by atomic mass is 9.82. The van der Waals surface area contributed by atoms with Crippen molar-refractivity contribution in [2.45, 2.75) is 240 Å². The molecule has 0 radical (unpaired) electrons. The van der Waals surface area contributed by atoms with Gasteiger partial charge < -0.3 is 45.7 Å². The fraction of sp³-hybridized carbons (Fsp3) is 0.783. The molecule has 0 aromatic heterocycles. The molecule has 2 saturated heterocycles. The molecule has 1 aromatic carbocycles. The van der Waals surface area contributed by atoms with Gasteiger partial charge in [0.25, 0.3) is 0 Å². The van der Waals surface area contributed by atoms with E-state index in [9.17, 15) is 33.6 Å². The predicted molar refractivity (Wildman–Crippen MR) is 292 cm³/mol. The van der Waals surface area contributed by atoms with Gasteiger partial charge in [0.15, 0.2) is 0 Å². The van der Waals surface area contributed by atoms with Crippen molar-refractivity contribution in [3.8, 4) is 0 Å². The van der Waals surface area contributed by atoms with Gasteiger partial charge in [-0.1, -0.05) is 123 Å². The van der Waals surface area contributed by atoms with Gasteiger partial charge >= 0.3 is 18.0 Å². The number of ether oxygens (including phenoxy) is 3. The third-order valence-electron chi connectivity index (χ3n) is 16.8. The minimum absolute atomic E-state index is 0.0607. The standard InChI is InChI=1S/C34H51N3O6.C26H45N3O4/c1-33(2,3)28(30(39)37-20-24-18-13-19-25(24)27(37)31(40)43-34(4,5)6)36-29(38)26(23-16-11-8-12-17-23)35-32(41)42-21-22-14-9-7-10-15-22;1-25(2,3)21(28-22(30)19(27)16-11-8-7-9-12-16)23(31)29-15-17-13-10-14-18(17)20(29)24(32)33-26(4,5)6/h7,9-10,14-15,23-28H,8,11-13,16-21H2,1-6H3,(H,35,41)(H,36,38);16-21H,7-15,27H2,1-6H3,(H,28,30)/t24-,25-,26-,27-,28+;17-,18-,19-,20-,21+/m00/s1. The quantitative estimate of drug-likeness (QED) is 0.108. The first-order valence-electron chi connectivity index (χ1n) is 28.9. The maximum atomic E-state index is 14.3. The number of esters is 2. The van der Waals surface area contributed by atoms with Crippen molar-refractivity contribution in [2.24, 2.45) is 52.1 Å². The van der Waals surface area contributed by atoms with Gasteiger partial charge in [0.2, 0.25) is 23.6 Å². The Bertz CT molecular complexity index is 2160. The number of rotatable bonds is 13. The van der Waals surface area contributed by atoms with Crippen LogP contribution in [0.3, 0.4) is 0 Å². The van der Waals surface area contributed by atoms with E-state index in [4.69, 9.17) is 19.9 Å². The van der Waals surface area contributed by atoms with Crippen molar-refractivity contribution in [2.75, 3.05) is 13.1 Å². The number of alkyl carbamates (subject to hydrolysis) is 1. The van der Waals surface area contributed by atoms with Crippen molar-refractivity contribution in [3.05, 3.63) is 35.9 Å². The largest absolute Gasteiger partial charge is 0.458 e. The number of nitrogens with two attached hydrogens (primary N) is 1. The average Bonchev–Trinajstić information content (AvgIpc) is 4.15. The van der Waals surface area contributed by atoms with Gasteiger partial charge in [0.1, 0.15) is 48.0 Å². The topological polar surface area (TPSA) is 216 Å². The molecule has 16 nitrogen and oxygen atoms in total. The van der Waals surface area contributed by atoms with Crippen LogP contribution in [0.5, 0.6) is 0 Å². The SMILES string of the molecule is CC(C)(C)OC(=O)[C@@H]1[C@H]2CCC[C@H]2CN1C(=O)[C@@H](NC(=O)[C@@H](N)C1CCCCC1)C(C)(C)C.CC(C)(C)OC(=O)[C@@H]1[C@H]2CCC[C@H]2CN1C(=O)[C@@H](NC(=O)[C@@H](NC(=O)OCc1ccccc1)C1CCCCC1)C(C)(C)C. The van der Waals surface area contributed by atoms with Crippen LogP contribution in [0.4, 0.5) is 4.79 Å². The first kappa shape index (κ1) is 60.5. The second kappa shape index (κ2) is 25.4. The van der Waals surface area contributed by atoms with Gasteiger partial charge in [-0.05, 0) is 145 Å². The molecule has 2 aliphatic heterocycles. The number of amides is 5. The number of carbonyl (C=O) groups excluding carboxylic acids is 7. The van der Waals surface area contributed by atoms with Crippen LogP contribution in [0.25, 0.3) is 0 Å². The molecule has 4 aliphatic carbocycles. The Morgan fingerprint density at radius 3 is 1.38 bits per heavy atom. The summed E-state index contributed by atoms with van der Waals surface area (Å²) in [7, 11) is 0. The van der Waals surface area contributed by atoms with E-state index in [0.29, 0.717) is 19.0 Å². The molecule has 10 atom stereocenters. The highest BCUT2D eigenvalue weighted by Gasteiger charge is 2.55. The van der Waals surface area contributed by atoms with Gasteiger partial charge in [-0.15, -0.1) is 0 Å². The minimum atomic E-state index is -0.892. The zero-order valence-corrected chi connectivity index (χ0v) is 48.3. The molecule has 0 unspecified atom stereocenters. The Kier molecular flexibility index (Phi) is 20.2. The van der Waals surface area contributed by atoms with Crippen molar-refractivity contribution in [1.82, 2.24) is 25.8 Å². The molecule has 2 heterocycles. The lowest BCUT2D eigenvalue weighted by Gasteiger charge is -2.38. The summed E-state index contributed by atoms with van der Waals surface area (Å²) in [5, 5.41) is 8.86. The fourth-order valence-corrected chi connectivity index (χ4v) is 13.0. The van der Waals surface area contributed by atoms with Gasteiger partial charge in [0.05, 0.1) is 6.04 Å². The summed E-state index contributed by atoms with van der Waals surface area (Å²) < 4.78 is 17.0. The summed E-state index contributed by atoms with van der Waals surface area (Å²) in [5.41, 5.74) is 4.74. The van der Waals surface area contributed by atoms with E-state index in [0.717, 1.165) is 102 Å². The van der Waals surface area contributed by atoms with Gasteiger partial charge in [-0.2, -0.15) is 0 Å². The van der Waals surface area contributed by atoms with Crippen molar-refractivity contribution in [3.63, 3.8) is 0 Å². The third-order valence-corrected chi connectivity index (χ3v) is 16.8. The van der Waals surface area contributed by atoms with Crippen LogP contribution >= 0.6 is 0 Å². The molecule has 76 heavy (non-hydrogen) atoms. The van der Waals surface area contributed by atoms with Crippen molar-refractivity contribution < 1.29 is 47.8 Å². The molecular weight excluding hydrogens is 965 g/mol. The molecule has 7 rings (SSSR count). The number of hydrogen-bond acceptors (Lipinski definition) is 11. The molecule has 6 aliphatic rings. The minimum Gasteiger partial charge on any atom is -0.458 e. The van der Waals surface area contributed by atoms with Gasteiger partial charge in [-0.3, -0.25) is 19.2 Å². The molecule has 4 saturated carbocycles. The van der Waals surface area contributed by atoms with Crippen molar-refractivity contribution in [1.29, 1.82) is 0 Å². The fourth-order valence-electron chi connectivity index (χ4n) is 13.0. The van der Waals surface area contributed by atoms with E-state index in [1.54, 1.807) is 9.80 Å². The molecule has 0 spiro atoms. The monoisotopic (exact) mass is 1060 g/mol. The van der Waals surface area contributed by atoms with Gasteiger partial charge in [0, 0.05) is 13.1 Å². The van der Waals surface area contributed by atoms with Crippen LogP contribution in [-0.4, -0.2) is 112 Å². The molecule has 6 fully saturated rings. The zero-order valence-electron chi connectivity index (χ0n) is 48.3. The second-order valence-electron chi connectivity index (χ2n) is 27.3. The van der Waals surface area contributed by atoms with E-state index >= 15 is 0 Å². The summed E-state index contributed by atoms with van der Waals surface area (Å²) in [6.45, 7) is 23.7. The van der Waals surface area contributed by atoms with Crippen LogP contribution < -0.4 is 21.7 Å². The number of hydrogen-bond donors (Lipinski definition) is 4. The molecule has 0 bridgehead atoms. The smallest absolute Gasteiger partial charge is 0.408 e. The third kappa shape index (κ3) is 16.0. The predicted octanol–water partition coefficient (Wildman–Crippen LogP) is 8.76. The molecule has 426 valence electrons. The maximum Gasteiger partial charge on any atom is 0.408 e.